The van der Waals surface area contributed by atoms with E-state index in [4.69, 9.17) is 20.5 Å². The van der Waals surface area contributed by atoms with E-state index in [-0.39, 0.29) is 55.6 Å². The Kier molecular flexibility index (Phi) is 25.5. The minimum absolute atomic E-state index is 0. The van der Waals surface area contributed by atoms with E-state index in [0.717, 1.165) is 42.0 Å². The monoisotopic (exact) mass is 600 g/mol. The fraction of sp³-hybridized carbons (Fsp3) is 0.167. The third-order valence-corrected chi connectivity index (χ3v) is 4.23. The van der Waals surface area contributed by atoms with Gasteiger partial charge in [0.15, 0.2) is 0 Å². The molecular weight excluding hydrogens is 571 g/mol. The summed E-state index contributed by atoms with van der Waals surface area (Å²) in [7, 11) is 3.78. The van der Waals surface area contributed by atoms with Gasteiger partial charge >= 0.3 is 0 Å². The number of aliphatic hydroxyl groups is 3. The van der Waals surface area contributed by atoms with E-state index < -0.39 is 5.90 Å². The molecule has 0 unspecified atom stereocenters. The predicted molar refractivity (Wildman–Crippen MR) is 136 cm³/mol. The van der Waals surface area contributed by atoms with Crippen molar-refractivity contribution >= 4 is 33.4 Å². The van der Waals surface area contributed by atoms with Gasteiger partial charge in [0.05, 0.1) is 22.4 Å². The molecule has 0 bridgehead atoms. The Labute approximate surface area is 235 Å². The molecule has 2 aromatic heterocycles. The number of benzene rings is 2. The molecule has 0 aliphatic heterocycles. The molecule has 0 fully saturated rings. The van der Waals surface area contributed by atoms with Gasteiger partial charge in [-0.1, -0.05) is 48.5 Å². The molecule has 0 saturated heterocycles. The Hall–Kier alpha value is -2.71. The molecule has 36 heavy (non-hydrogen) atoms. The zero-order chi connectivity index (χ0) is 23.9. The first-order chi connectivity index (χ1) is 15.6. The van der Waals surface area contributed by atoms with Gasteiger partial charge in [-0.3, -0.25) is 4.99 Å². The van der Waals surface area contributed by atoms with Crippen molar-refractivity contribution in [2.75, 3.05) is 21.3 Å². The van der Waals surface area contributed by atoms with Crippen molar-refractivity contribution in [2.24, 2.45) is 10.1 Å². The van der Waals surface area contributed by atoms with Crippen LogP contribution in [0.5, 0.6) is 0 Å². The molecule has 0 saturated carbocycles. The standard InChI is InChI=1S/C12H12N2.C10H8N2O2.2CH4O.2H2O.2Zn/c1-9(13-2)11-8-7-10-5-3-4-6-12(10)14-11;13-10(12-14)9-6-5-7-3-1-2-4-8(7)11-9;2*1-2;;;;/h3-8H,1-2H3;1-6,14H,(H,12,13);2*2H,1H3;2*1H2;;. The summed E-state index contributed by atoms with van der Waals surface area (Å²) in [5.74, 6) is -0.476. The Morgan fingerprint density at radius 2 is 1.06 bits per heavy atom. The zero-order valence-corrected chi connectivity index (χ0v) is 26.9. The van der Waals surface area contributed by atoms with Crippen molar-refractivity contribution < 1.29 is 70.4 Å². The Morgan fingerprint density at radius 3 is 1.47 bits per heavy atom. The van der Waals surface area contributed by atoms with E-state index >= 15 is 0 Å². The number of aromatic nitrogens is 2. The van der Waals surface area contributed by atoms with Gasteiger partial charge in [0.1, 0.15) is 5.69 Å². The molecule has 0 amide bonds. The molecule has 0 spiro atoms. The number of pyridine rings is 2. The third kappa shape index (κ3) is 11.8. The molecule has 4 aromatic rings. The van der Waals surface area contributed by atoms with Gasteiger partial charge in [0, 0.05) is 71.0 Å². The quantitative estimate of drug-likeness (QED) is 0.0891. The van der Waals surface area contributed by atoms with E-state index in [1.54, 1.807) is 19.2 Å². The number of fused-ring (bicyclic) bond motifs is 2. The van der Waals surface area contributed by atoms with Crippen molar-refractivity contribution in [2.45, 2.75) is 6.92 Å². The second-order valence-electron chi connectivity index (χ2n) is 6.01. The van der Waals surface area contributed by atoms with E-state index in [0.29, 0.717) is 0 Å². The molecule has 0 aliphatic rings. The molecular formula is C24H32N4O6Zn2. The zero-order valence-electron chi connectivity index (χ0n) is 20.9. The van der Waals surface area contributed by atoms with Crippen LogP contribution in [0.4, 0.5) is 0 Å². The maximum absolute atomic E-state index is 9.13. The first-order valence-electron chi connectivity index (χ1n) is 9.58. The third-order valence-electron chi connectivity index (χ3n) is 4.23. The number of para-hydroxylation sites is 2. The largest absolute Gasteiger partial charge is 0.490 e. The number of hydrogen-bond acceptors (Lipinski definition) is 7. The molecule has 0 atom stereocenters. The molecule has 8 N–H and O–H groups in total. The topological polar surface area (TPSA) is 194 Å². The predicted octanol–water partition coefficient (Wildman–Crippen LogP) is 2.16. The first-order valence-corrected chi connectivity index (χ1v) is 9.58. The van der Waals surface area contributed by atoms with Crippen LogP contribution in [0.1, 0.15) is 18.3 Å². The maximum Gasteiger partial charge on any atom is 0.273 e. The first kappa shape index (κ1) is 40.5. The van der Waals surface area contributed by atoms with Gasteiger partial charge in [-0.05, 0) is 36.3 Å². The van der Waals surface area contributed by atoms with Gasteiger partial charge < -0.3 is 31.5 Å². The van der Waals surface area contributed by atoms with Crippen LogP contribution in [0, 0.1) is 0 Å². The second kappa shape index (κ2) is 22.7. The smallest absolute Gasteiger partial charge is 0.273 e. The summed E-state index contributed by atoms with van der Waals surface area (Å²) in [4.78, 5) is 12.7. The molecule has 2 heterocycles. The number of aliphatic imine (C=N–C) groups is 1. The van der Waals surface area contributed by atoms with Gasteiger partial charge in [0.2, 0.25) is 0 Å². The van der Waals surface area contributed by atoms with Crippen LogP contribution >= 0.6 is 0 Å². The fourth-order valence-electron chi connectivity index (χ4n) is 2.62. The minimum atomic E-state index is -0.476. The number of nitrogens with zero attached hydrogens (tertiary/aromatic N) is 4. The number of oxime groups is 1. The molecule has 2 aromatic carbocycles. The minimum Gasteiger partial charge on any atom is -0.490 e. The van der Waals surface area contributed by atoms with Crippen LogP contribution in [-0.4, -0.2) is 74.3 Å². The van der Waals surface area contributed by atoms with Crippen LogP contribution in [0.2, 0.25) is 0 Å². The molecule has 12 heteroatoms. The van der Waals surface area contributed by atoms with E-state index in [1.165, 1.54) is 5.39 Å². The van der Waals surface area contributed by atoms with E-state index in [9.17, 15) is 0 Å². The number of aliphatic hydroxyl groups excluding tert-OH is 3. The average molecular weight is 603 g/mol. The Bertz CT molecular complexity index is 1100. The SMILES string of the molecule is CN=C(C)c1ccc2ccccc2n1.CO.CO.O.O.O/N=C(\O)c1ccc2ccccc2n1.[Zn].[Zn]. The summed E-state index contributed by atoms with van der Waals surface area (Å²) in [6, 6.07) is 23.1. The van der Waals surface area contributed by atoms with Crippen molar-refractivity contribution in [1.29, 1.82) is 0 Å². The van der Waals surface area contributed by atoms with Gasteiger partial charge in [0.25, 0.3) is 5.90 Å². The summed E-state index contributed by atoms with van der Waals surface area (Å²) in [5.41, 5.74) is 3.95. The Balaban J connectivity index is -0.000000228. The summed E-state index contributed by atoms with van der Waals surface area (Å²) >= 11 is 0. The van der Waals surface area contributed by atoms with Gasteiger partial charge in [-0.15, -0.1) is 0 Å². The van der Waals surface area contributed by atoms with Crippen molar-refractivity contribution in [3.05, 3.63) is 84.2 Å². The van der Waals surface area contributed by atoms with Crippen LogP contribution in [0.25, 0.3) is 21.8 Å². The molecule has 0 radical (unpaired) electrons. The van der Waals surface area contributed by atoms with Crippen LogP contribution in [0.15, 0.2) is 82.9 Å². The van der Waals surface area contributed by atoms with E-state index in [1.807, 2.05) is 55.5 Å². The molecule has 188 valence electrons. The molecule has 4 rings (SSSR count). The number of rotatable bonds is 2. The van der Waals surface area contributed by atoms with Crippen LogP contribution < -0.4 is 0 Å². The van der Waals surface area contributed by atoms with Crippen molar-refractivity contribution in [3.63, 3.8) is 0 Å². The van der Waals surface area contributed by atoms with Gasteiger partial charge in [-0.2, -0.15) is 0 Å². The van der Waals surface area contributed by atoms with E-state index in [2.05, 4.69) is 32.2 Å². The molecule has 10 nitrogen and oxygen atoms in total. The fourth-order valence-corrected chi connectivity index (χ4v) is 2.62. The van der Waals surface area contributed by atoms with Crippen LogP contribution in [0.3, 0.4) is 0 Å². The van der Waals surface area contributed by atoms with Crippen LogP contribution in [-0.2, 0) is 39.0 Å². The van der Waals surface area contributed by atoms with Gasteiger partial charge in [-0.25, -0.2) is 9.97 Å². The summed E-state index contributed by atoms with van der Waals surface area (Å²) in [6.07, 6.45) is 0. The summed E-state index contributed by atoms with van der Waals surface area (Å²) < 4.78 is 0. The van der Waals surface area contributed by atoms with Crippen molar-refractivity contribution in [3.8, 4) is 0 Å². The average Bonchev–Trinajstić information content (AvgIpc) is 2.89. The summed E-state index contributed by atoms with van der Waals surface area (Å²) in [6.45, 7) is 1.97. The molecule has 0 aliphatic carbocycles. The van der Waals surface area contributed by atoms with Crippen molar-refractivity contribution in [1.82, 2.24) is 9.97 Å². The summed E-state index contributed by atoms with van der Waals surface area (Å²) in [5, 5.41) is 36.3. The number of hydrogen-bond donors (Lipinski definition) is 4. The second-order valence-corrected chi connectivity index (χ2v) is 6.01. The maximum atomic E-state index is 9.13. The Morgan fingerprint density at radius 1 is 0.667 bits per heavy atom. The normalized spacial score (nSPS) is 9.61.